The van der Waals surface area contributed by atoms with Crippen LogP contribution in [-0.2, 0) is 34.6 Å². The fourth-order valence-corrected chi connectivity index (χ4v) is 16.8. The third-order valence-corrected chi connectivity index (χ3v) is 17.8. The highest BCUT2D eigenvalue weighted by Crippen LogP contribution is 2.83. The predicted octanol–water partition coefficient (Wildman–Crippen LogP) is 10.2. The van der Waals surface area contributed by atoms with Crippen molar-refractivity contribution in [3.63, 3.8) is 0 Å². The van der Waals surface area contributed by atoms with Gasteiger partial charge in [-0.25, -0.2) is 19.4 Å². The highest BCUT2D eigenvalue weighted by atomic mass is 31.2. The van der Waals surface area contributed by atoms with Crippen molar-refractivity contribution in [2.75, 3.05) is 35.4 Å². The zero-order chi connectivity index (χ0) is 43.8. The van der Waals surface area contributed by atoms with Gasteiger partial charge in [0.15, 0.2) is 0 Å². The molecule has 0 bridgehead atoms. The van der Waals surface area contributed by atoms with Gasteiger partial charge in [-0.3, -0.25) is 9.59 Å². The molecule has 60 heavy (non-hydrogen) atoms. The van der Waals surface area contributed by atoms with Crippen molar-refractivity contribution in [3.05, 3.63) is 107 Å². The van der Waals surface area contributed by atoms with Gasteiger partial charge in [0.2, 0.25) is 5.91 Å². The SMILES string of the molecule is CCCC[P+](CCCC)(CCCC)C1/C(=C(/[O-])OC)C(c2ccccc2)C2(C(=O)N(C(=O)OC(C)(C)C)c3ccccc32)C12C(=O)N(C(=O)OC(C)(C)C)c1ccccc12. The first-order valence-corrected chi connectivity index (χ1v) is 24.0. The Balaban J connectivity index is 1.92. The molecule has 1 saturated carbocycles. The Morgan fingerprint density at radius 3 is 1.47 bits per heavy atom. The number of allylic oxidation sites excluding steroid dienone is 1. The van der Waals surface area contributed by atoms with Crippen molar-refractivity contribution in [2.45, 2.75) is 134 Å². The second kappa shape index (κ2) is 17.0. The van der Waals surface area contributed by atoms with E-state index in [1.165, 1.54) is 7.11 Å². The molecule has 0 saturated heterocycles. The van der Waals surface area contributed by atoms with Gasteiger partial charge in [0, 0.05) is 18.8 Å². The number of anilines is 2. The predicted molar refractivity (Wildman–Crippen MR) is 237 cm³/mol. The molecule has 11 heteroatoms. The highest BCUT2D eigenvalue weighted by molar-refractivity contribution is 7.77. The van der Waals surface area contributed by atoms with Gasteiger partial charge in [-0.2, -0.15) is 0 Å². The smallest absolute Gasteiger partial charge is 0.421 e. The number of imide groups is 2. The number of hydrogen-bond acceptors (Lipinski definition) is 8. The van der Waals surface area contributed by atoms with E-state index >= 15 is 14.7 Å². The van der Waals surface area contributed by atoms with Crippen LogP contribution in [0.3, 0.4) is 0 Å². The molecule has 3 aromatic carbocycles. The Bertz CT molecular complexity index is 2120. The quantitative estimate of drug-likeness (QED) is 0.130. The molecule has 4 atom stereocenters. The Morgan fingerprint density at radius 2 is 1.05 bits per heavy atom. The summed E-state index contributed by atoms with van der Waals surface area (Å²) < 4.78 is 17.9. The number of hydrogen-bond donors (Lipinski definition) is 0. The normalized spacial score (nSPS) is 23.3. The molecule has 1 aliphatic carbocycles. The monoisotopic (exact) mass is 838 g/mol. The van der Waals surface area contributed by atoms with Crippen molar-refractivity contribution in [2.24, 2.45) is 0 Å². The van der Waals surface area contributed by atoms with E-state index in [1.54, 1.807) is 71.9 Å². The molecule has 0 N–H and O–H groups in total. The summed E-state index contributed by atoms with van der Waals surface area (Å²) in [5.74, 6) is -3.05. The highest BCUT2D eigenvalue weighted by Gasteiger charge is 2.86. The maximum Gasteiger partial charge on any atom is 0.421 e. The van der Waals surface area contributed by atoms with Crippen LogP contribution in [-0.4, -0.2) is 66.5 Å². The van der Waals surface area contributed by atoms with Crippen molar-refractivity contribution in [1.82, 2.24) is 0 Å². The van der Waals surface area contributed by atoms with Gasteiger partial charge >= 0.3 is 12.2 Å². The summed E-state index contributed by atoms with van der Waals surface area (Å²) >= 11 is 0. The Labute approximate surface area is 357 Å². The second-order valence-corrected chi connectivity index (χ2v) is 22.8. The number of fused-ring (bicyclic) bond motifs is 5. The first-order valence-electron chi connectivity index (χ1n) is 21.6. The summed E-state index contributed by atoms with van der Waals surface area (Å²) in [4.78, 5) is 65.1. The van der Waals surface area contributed by atoms with Gasteiger partial charge < -0.3 is 19.3 Å². The topological polar surface area (TPSA) is 126 Å². The molecule has 0 radical (unpaired) electrons. The van der Waals surface area contributed by atoms with Crippen molar-refractivity contribution >= 4 is 42.6 Å². The summed E-state index contributed by atoms with van der Waals surface area (Å²) in [6.45, 7) is 16.9. The Morgan fingerprint density at radius 1 is 0.650 bits per heavy atom. The fourth-order valence-electron chi connectivity index (χ4n) is 10.4. The second-order valence-electron chi connectivity index (χ2n) is 18.5. The number of amides is 4. The van der Waals surface area contributed by atoms with Crippen LogP contribution in [0.2, 0.25) is 0 Å². The van der Waals surface area contributed by atoms with E-state index in [9.17, 15) is 9.59 Å². The lowest BCUT2D eigenvalue weighted by Gasteiger charge is -2.46. The maximum atomic E-state index is 16.8. The van der Waals surface area contributed by atoms with Crippen LogP contribution in [0.25, 0.3) is 0 Å². The minimum atomic E-state index is -2.60. The maximum absolute atomic E-state index is 16.8. The first kappa shape index (κ1) is 44.9. The average Bonchev–Trinajstić information content (AvgIpc) is 3.75. The third kappa shape index (κ3) is 7.10. The summed E-state index contributed by atoms with van der Waals surface area (Å²) in [6, 6.07) is 23.6. The largest absolute Gasteiger partial charge is 0.616 e. The van der Waals surface area contributed by atoms with Crippen LogP contribution in [0, 0.1) is 0 Å². The number of carbonyl (C=O) groups excluding carboxylic acids is 4. The van der Waals surface area contributed by atoms with E-state index in [0.717, 1.165) is 66.8 Å². The third-order valence-electron chi connectivity index (χ3n) is 12.4. The summed E-state index contributed by atoms with van der Waals surface area (Å²) in [7, 11) is -1.25. The lowest BCUT2D eigenvalue weighted by molar-refractivity contribution is -0.355. The van der Waals surface area contributed by atoms with Gasteiger partial charge in [-0.1, -0.05) is 107 Å². The van der Waals surface area contributed by atoms with E-state index < -0.39 is 70.8 Å². The number of unbranched alkanes of at least 4 members (excludes halogenated alkanes) is 3. The fraction of sp³-hybridized carbons (Fsp3) is 0.510. The van der Waals surface area contributed by atoms with Crippen LogP contribution in [0.1, 0.15) is 123 Å². The van der Waals surface area contributed by atoms with Crippen molar-refractivity contribution in [3.8, 4) is 0 Å². The van der Waals surface area contributed by atoms with E-state index in [1.807, 2.05) is 48.5 Å². The van der Waals surface area contributed by atoms with Crippen LogP contribution in [0.4, 0.5) is 21.0 Å². The van der Waals surface area contributed by atoms with Gasteiger partial charge in [0.1, 0.15) is 27.7 Å². The van der Waals surface area contributed by atoms with Gasteiger partial charge in [0.05, 0.1) is 35.8 Å². The zero-order valence-electron chi connectivity index (χ0n) is 37.1. The van der Waals surface area contributed by atoms with E-state index in [2.05, 4.69) is 20.8 Å². The molecule has 2 heterocycles. The van der Waals surface area contributed by atoms with Crippen LogP contribution >= 0.6 is 7.26 Å². The number of carbonyl (C=O) groups is 4. The molecule has 3 aromatic rings. The van der Waals surface area contributed by atoms with E-state index in [0.29, 0.717) is 28.0 Å². The van der Waals surface area contributed by atoms with E-state index in [-0.39, 0.29) is 5.69 Å². The van der Waals surface area contributed by atoms with Gasteiger partial charge in [-0.05, 0) is 96.7 Å². The molecule has 0 aromatic heterocycles. The molecular weight excluding hydrogens is 776 g/mol. The molecule has 322 valence electrons. The molecule has 2 spiro atoms. The molecule has 4 amide bonds. The van der Waals surface area contributed by atoms with Crippen molar-refractivity contribution in [1.29, 1.82) is 0 Å². The number of benzene rings is 3. The number of ether oxygens (including phenoxy) is 3. The molecule has 1 fully saturated rings. The van der Waals surface area contributed by atoms with Crippen LogP contribution in [0.15, 0.2) is 90.4 Å². The number of rotatable bonds is 12. The van der Waals surface area contributed by atoms with Crippen LogP contribution in [0.5, 0.6) is 0 Å². The number of methoxy groups -OCH3 is 1. The summed E-state index contributed by atoms with van der Waals surface area (Å²) in [5.41, 5.74) is -4.38. The molecule has 2 aliphatic heterocycles. The number of para-hydroxylation sites is 2. The molecule has 10 nitrogen and oxygen atoms in total. The zero-order valence-corrected chi connectivity index (χ0v) is 38.0. The molecule has 4 unspecified atom stereocenters. The molecule has 3 aliphatic rings. The number of nitrogens with zero attached hydrogens (tertiary/aromatic N) is 2. The lowest BCUT2D eigenvalue weighted by atomic mass is 9.55. The minimum Gasteiger partial charge on any atom is -0.616 e. The molecule has 6 rings (SSSR count). The van der Waals surface area contributed by atoms with Gasteiger partial charge in [0.25, 0.3) is 5.91 Å². The van der Waals surface area contributed by atoms with Crippen LogP contribution < -0.4 is 14.9 Å². The summed E-state index contributed by atoms with van der Waals surface area (Å²) in [5, 5.41) is 15.3. The average molecular weight is 839 g/mol. The Hall–Kier alpha value is -4.69. The van der Waals surface area contributed by atoms with Crippen molar-refractivity contribution < 1.29 is 38.5 Å². The van der Waals surface area contributed by atoms with E-state index in [4.69, 9.17) is 14.2 Å². The lowest BCUT2D eigenvalue weighted by Crippen LogP contribution is -2.63. The standard InChI is InChI=1S/C49H63N2O8P/c1-11-14-30-60(31-15-12-2,32-16-13-3)40-38(41(52)57-10)39(33-24-18-17-19-25-33)48(34-26-20-22-28-36(34)50(42(48)53)44(55)58-46(4,5)6)49(40)35-27-21-23-29-37(35)51(43(49)54)45(56)59-47(7,8)9/h17-29,39-40H,11-16,30-32H2,1-10H3/b41-38-. The Kier molecular flexibility index (Phi) is 12.7. The molecular formula is C49H63N2O8P. The van der Waals surface area contributed by atoms with Gasteiger partial charge in [-0.15, -0.1) is 0 Å². The first-order chi connectivity index (χ1) is 28.4. The minimum absolute atomic E-state index is 0.266. The summed E-state index contributed by atoms with van der Waals surface area (Å²) in [6.07, 6.45) is 5.63.